The zero-order valence-corrected chi connectivity index (χ0v) is 17.6. The third-order valence-electron chi connectivity index (χ3n) is 5.19. The first-order valence-electron chi connectivity index (χ1n) is 8.77. The van der Waals surface area contributed by atoms with Gasteiger partial charge in [0.1, 0.15) is 0 Å². The van der Waals surface area contributed by atoms with Crippen molar-refractivity contribution in [3.05, 3.63) is 47.3 Å². The van der Waals surface area contributed by atoms with Crippen molar-refractivity contribution in [2.45, 2.75) is 19.8 Å². The highest BCUT2D eigenvalue weighted by Gasteiger charge is 2.33. The van der Waals surface area contributed by atoms with Crippen molar-refractivity contribution in [3.63, 3.8) is 0 Å². The number of amides is 1. The molecule has 0 spiro atoms. The van der Waals surface area contributed by atoms with E-state index in [0.29, 0.717) is 24.9 Å². The van der Waals surface area contributed by atoms with Crippen molar-refractivity contribution in [1.29, 1.82) is 0 Å². The van der Waals surface area contributed by atoms with Crippen molar-refractivity contribution in [3.8, 4) is 0 Å². The lowest BCUT2D eigenvalue weighted by Gasteiger charge is -2.16. The van der Waals surface area contributed by atoms with Crippen LogP contribution in [0.3, 0.4) is 0 Å². The maximum atomic E-state index is 12.5. The van der Waals surface area contributed by atoms with E-state index in [9.17, 15) is 4.79 Å². The van der Waals surface area contributed by atoms with Gasteiger partial charge in [-0.25, -0.2) is 0 Å². The van der Waals surface area contributed by atoms with Crippen LogP contribution in [0.15, 0.2) is 30.3 Å². The number of anilines is 1. The summed E-state index contributed by atoms with van der Waals surface area (Å²) >= 11 is 0. The summed E-state index contributed by atoms with van der Waals surface area (Å²) in [5, 5.41) is 7.36. The van der Waals surface area contributed by atoms with E-state index < -0.39 is 0 Å². The number of aromatic nitrogens is 2. The quantitative estimate of drug-likeness (QED) is 0.788. The molecule has 0 unspecified atom stereocenters. The fourth-order valence-electron chi connectivity index (χ4n) is 3.74. The Morgan fingerprint density at radius 1 is 1.22 bits per heavy atom. The number of nitrogens with one attached hydrogen (secondary N) is 1. The highest BCUT2D eigenvalue weighted by atomic mass is 35.5. The van der Waals surface area contributed by atoms with Gasteiger partial charge in [0.2, 0.25) is 5.91 Å². The Kier molecular flexibility index (Phi) is 8.75. The van der Waals surface area contributed by atoms with Crippen LogP contribution in [0.2, 0.25) is 0 Å². The molecule has 1 aromatic carbocycles. The minimum Gasteiger partial charge on any atom is -0.330 e. The van der Waals surface area contributed by atoms with Gasteiger partial charge in [0.05, 0.1) is 23.6 Å². The van der Waals surface area contributed by atoms with Gasteiger partial charge in [-0.1, -0.05) is 30.3 Å². The van der Waals surface area contributed by atoms with Crippen LogP contribution in [0.4, 0.5) is 5.69 Å². The molecular weight excluding hydrogens is 385 g/mol. The number of aryl methyl sites for hydroxylation is 2. The van der Waals surface area contributed by atoms with E-state index in [1.807, 2.05) is 27.0 Å². The van der Waals surface area contributed by atoms with Crippen LogP contribution in [-0.4, -0.2) is 46.8 Å². The lowest BCUT2D eigenvalue weighted by molar-refractivity contribution is -0.117. The van der Waals surface area contributed by atoms with E-state index in [0.717, 1.165) is 30.2 Å². The monoisotopic (exact) mass is 413 g/mol. The molecule has 1 fully saturated rings. The van der Waals surface area contributed by atoms with Crippen molar-refractivity contribution in [1.82, 2.24) is 14.7 Å². The fraction of sp³-hybridized carbons (Fsp3) is 0.474. The summed E-state index contributed by atoms with van der Waals surface area (Å²) < 4.78 is 1.79. The minimum atomic E-state index is 0. The second-order valence-corrected chi connectivity index (χ2v) is 6.92. The minimum absolute atomic E-state index is 0. The number of hydrogen-bond acceptors (Lipinski definition) is 4. The van der Waals surface area contributed by atoms with Gasteiger partial charge in [0.25, 0.3) is 0 Å². The molecule has 1 aromatic heterocycles. The molecule has 2 atom stereocenters. The lowest BCUT2D eigenvalue weighted by Crippen LogP contribution is -2.32. The van der Waals surface area contributed by atoms with Crippen molar-refractivity contribution in [2.75, 3.05) is 31.5 Å². The Morgan fingerprint density at radius 2 is 1.89 bits per heavy atom. The average Bonchev–Trinajstić information content (AvgIpc) is 3.11. The summed E-state index contributed by atoms with van der Waals surface area (Å²) in [5.41, 5.74) is 9.92. The van der Waals surface area contributed by atoms with Gasteiger partial charge in [-0.2, -0.15) is 5.10 Å². The van der Waals surface area contributed by atoms with Gasteiger partial charge in [-0.05, 0) is 31.9 Å². The highest BCUT2D eigenvalue weighted by Crippen LogP contribution is 2.31. The van der Waals surface area contributed by atoms with Gasteiger partial charge in [0.15, 0.2) is 0 Å². The van der Waals surface area contributed by atoms with E-state index >= 15 is 0 Å². The number of carbonyl (C=O) groups is 1. The molecule has 1 amide bonds. The second kappa shape index (κ2) is 10.1. The largest absolute Gasteiger partial charge is 0.330 e. The average molecular weight is 414 g/mol. The summed E-state index contributed by atoms with van der Waals surface area (Å²) in [7, 11) is 1.88. The maximum absolute atomic E-state index is 12.5. The molecule has 1 aliphatic heterocycles. The fourth-order valence-corrected chi connectivity index (χ4v) is 3.74. The lowest BCUT2D eigenvalue weighted by atomic mass is 9.89. The van der Waals surface area contributed by atoms with E-state index in [2.05, 4.69) is 39.6 Å². The third kappa shape index (κ3) is 5.23. The number of nitrogens with zero attached hydrogens (tertiary/aromatic N) is 3. The molecule has 1 saturated heterocycles. The molecule has 2 heterocycles. The Hall–Kier alpha value is -1.60. The van der Waals surface area contributed by atoms with Crippen LogP contribution in [-0.2, 0) is 11.8 Å². The van der Waals surface area contributed by atoms with Gasteiger partial charge >= 0.3 is 0 Å². The number of nitrogens with two attached hydrogens (primary N) is 1. The van der Waals surface area contributed by atoms with Crippen LogP contribution in [0.1, 0.15) is 22.9 Å². The number of rotatable bonds is 5. The van der Waals surface area contributed by atoms with Gasteiger partial charge < -0.3 is 11.1 Å². The smallest absolute Gasteiger partial charge is 0.238 e. The molecule has 0 radical (unpaired) electrons. The maximum Gasteiger partial charge on any atom is 0.238 e. The first kappa shape index (κ1) is 23.4. The number of likely N-dealkylation sites (tertiary alicyclic amines) is 1. The summed E-state index contributed by atoms with van der Waals surface area (Å²) in [5.74, 6) is 0.779. The molecule has 0 saturated carbocycles. The van der Waals surface area contributed by atoms with Crippen molar-refractivity contribution >= 4 is 36.4 Å². The Morgan fingerprint density at radius 3 is 2.44 bits per heavy atom. The molecule has 0 bridgehead atoms. The molecule has 0 aliphatic carbocycles. The second-order valence-electron chi connectivity index (χ2n) is 6.92. The van der Waals surface area contributed by atoms with Crippen LogP contribution < -0.4 is 11.1 Å². The molecular formula is C19H29Cl2N5O. The van der Waals surface area contributed by atoms with E-state index in [1.165, 1.54) is 5.56 Å². The van der Waals surface area contributed by atoms with Gasteiger partial charge in [0, 0.05) is 26.1 Å². The van der Waals surface area contributed by atoms with E-state index in [1.54, 1.807) is 4.68 Å². The molecule has 3 N–H and O–H groups in total. The van der Waals surface area contributed by atoms with Crippen LogP contribution >= 0.6 is 24.8 Å². The zero-order chi connectivity index (χ0) is 18.0. The van der Waals surface area contributed by atoms with Crippen LogP contribution in [0.25, 0.3) is 0 Å². The normalized spacial score (nSPS) is 19.3. The first-order chi connectivity index (χ1) is 12.0. The molecule has 2 aromatic rings. The molecule has 150 valence electrons. The van der Waals surface area contributed by atoms with Gasteiger partial charge in [-0.3, -0.25) is 14.4 Å². The van der Waals surface area contributed by atoms with Crippen molar-refractivity contribution < 1.29 is 4.79 Å². The number of benzene rings is 1. The number of halogens is 2. The van der Waals surface area contributed by atoms with E-state index in [4.69, 9.17) is 5.73 Å². The van der Waals surface area contributed by atoms with E-state index in [-0.39, 0.29) is 30.7 Å². The Bertz CT molecular complexity index is 750. The molecule has 8 heteroatoms. The summed E-state index contributed by atoms with van der Waals surface area (Å²) in [4.78, 5) is 14.7. The topological polar surface area (TPSA) is 76.2 Å². The Balaban J connectivity index is 0.00000182. The molecule has 3 rings (SSSR count). The highest BCUT2D eigenvalue weighted by molar-refractivity contribution is 5.93. The standard InChI is InChI=1S/C19H27N5O.2ClH/c1-13-19(14(2)23(3)22-13)21-18(25)12-24-10-16(9-20)17(11-24)15-7-5-4-6-8-15;;/h4-8,16-17H,9-12,20H2,1-3H3,(H,21,25);2*1H/t16-,17+;;/m1../s1. The Labute approximate surface area is 173 Å². The summed E-state index contributed by atoms with van der Waals surface area (Å²) in [6, 6.07) is 10.5. The number of carbonyl (C=O) groups excluding carboxylic acids is 1. The predicted octanol–water partition coefficient (Wildman–Crippen LogP) is 2.49. The van der Waals surface area contributed by atoms with Crippen LogP contribution in [0, 0.1) is 19.8 Å². The molecule has 6 nitrogen and oxygen atoms in total. The summed E-state index contributed by atoms with van der Waals surface area (Å²) in [6.45, 7) is 6.61. The molecule has 27 heavy (non-hydrogen) atoms. The van der Waals surface area contributed by atoms with Crippen molar-refractivity contribution in [2.24, 2.45) is 18.7 Å². The first-order valence-corrected chi connectivity index (χ1v) is 8.77. The summed E-state index contributed by atoms with van der Waals surface area (Å²) in [6.07, 6.45) is 0. The van der Waals surface area contributed by atoms with Gasteiger partial charge in [-0.15, -0.1) is 24.8 Å². The predicted molar refractivity (Wildman–Crippen MR) is 114 cm³/mol. The zero-order valence-electron chi connectivity index (χ0n) is 16.0. The SMILES string of the molecule is Cc1nn(C)c(C)c1NC(=O)CN1C[C@@H](CN)[C@H](c2ccccc2)C1.Cl.Cl. The third-order valence-corrected chi connectivity index (χ3v) is 5.19. The molecule has 1 aliphatic rings. The number of hydrogen-bond donors (Lipinski definition) is 2. The van der Waals surface area contributed by atoms with Crippen LogP contribution in [0.5, 0.6) is 0 Å².